The van der Waals surface area contributed by atoms with Gasteiger partial charge >= 0.3 is 6.16 Å². The molecule has 8 atom stereocenters. The van der Waals surface area contributed by atoms with E-state index in [9.17, 15) is 39.3 Å². The van der Waals surface area contributed by atoms with Crippen molar-refractivity contribution in [1.29, 1.82) is 0 Å². The summed E-state index contributed by atoms with van der Waals surface area (Å²) in [5.41, 5.74) is 0.309. The number of hydrogen-bond acceptors (Lipinski definition) is 12. The smallest absolute Gasteiger partial charge is 0.432 e. The molecule has 0 heterocycles. The van der Waals surface area contributed by atoms with Crippen molar-refractivity contribution in [1.82, 2.24) is 0 Å². The molecule has 3 fully saturated rings. The summed E-state index contributed by atoms with van der Waals surface area (Å²) in [4.78, 5) is 71.0. The van der Waals surface area contributed by atoms with E-state index >= 15 is 0 Å². The van der Waals surface area contributed by atoms with Crippen molar-refractivity contribution < 1.29 is 48.4 Å². The maximum absolute atomic E-state index is 13.4. The normalized spacial score (nSPS) is 32.4. The van der Waals surface area contributed by atoms with Crippen LogP contribution in [0.4, 0.5) is 4.79 Å². The maximum Gasteiger partial charge on any atom is 0.508 e. The second kappa shape index (κ2) is 16.3. The topological polar surface area (TPSA) is 198 Å². The minimum atomic E-state index is -0.988. The number of unbranched alkanes of at least 4 members (excludes halogenated alkanes) is 1. The molecule has 0 bridgehead atoms. The summed E-state index contributed by atoms with van der Waals surface area (Å²) in [7, 11) is 0. The number of allylic oxidation sites excluding steroid dienone is 4. The maximum atomic E-state index is 13.4. The fourth-order valence-corrected chi connectivity index (χ4v) is 8.47. The zero-order valence-corrected chi connectivity index (χ0v) is 27.0. The van der Waals surface area contributed by atoms with Crippen molar-refractivity contribution in [2.75, 3.05) is 33.0 Å². The Morgan fingerprint density at radius 2 is 1.87 bits per heavy atom. The molecule has 0 aromatic carbocycles. The summed E-state index contributed by atoms with van der Waals surface area (Å²) >= 11 is 0. The molecule has 1 amide bonds. The Kier molecular flexibility index (Phi) is 13.1. The summed E-state index contributed by atoms with van der Waals surface area (Å²) in [5.74, 6) is -0.528. The predicted molar refractivity (Wildman–Crippen MR) is 162 cm³/mol. The van der Waals surface area contributed by atoms with Crippen LogP contribution in [-0.2, 0) is 33.4 Å². The number of nitroso groups, excluding NO2 is 1. The number of ether oxygens (including phenoxy) is 3. The number of aliphatic hydroxyl groups is 1. The molecule has 1 N–H and O–H groups in total. The molecule has 0 saturated heterocycles. The van der Waals surface area contributed by atoms with E-state index in [1.165, 1.54) is 0 Å². The number of carbonyl (C=O) groups excluding carboxylic acids is 4. The summed E-state index contributed by atoms with van der Waals surface area (Å²) in [5, 5.41) is 22.8. The van der Waals surface area contributed by atoms with Crippen molar-refractivity contribution in [3.05, 3.63) is 38.8 Å². The number of ketones is 2. The first-order chi connectivity index (χ1) is 21.8. The third-order valence-electron chi connectivity index (χ3n) is 10.2. The highest BCUT2D eigenvalue weighted by atomic mass is 17.0. The quantitative estimate of drug-likeness (QED) is 0.0961. The first kappa shape index (κ1) is 36.9. The van der Waals surface area contributed by atoms with Gasteiger partial charge in [-0.25, -0.2) is 4.79 Å². The van der Waals surface area contributed by atoms with Crippen LogP contribution in [0.25, 0.3) is 0 Å². The van der Waals surface area contributed by atoms with E-state index in [0.717, 1.165) is 37.7 Å². The molecule has 0 aliphatic heterocycles. The average molecular weight is 651 g/mol. The fourth-order valence-electron chi connectivity index (χ4n) is 8.47. The Morgan fingerprint density at radius 3 is 2.54 bits per heavy atom. The predicted octanol–water partition coefficient (Wildman–Crippen LogP) is 4.54. The van der Waals surface area contributed by atoms with E-state index in [1.54, 1.807) is 12.2 Å². The van der Waals surface area contributed by atoms with Crippen LogP contribution in [0.15, 0.2) is 29.0 Å². The van der Waals surface area contributed by atoms with Gasteiger partial charge in [-0.3, -0.25) is 14.4 Å². The zero-order valence-electron chi connectivity index (χ0n) is 27.0. The lowest BCUT2D eigenvalue weighted by molar-refractivity contribution is -0.758. The van der Waals surface area contributed by atoms with Crippen LogP contribution in [0.3, 0.4) is 0 Å². The van der Waals surface area contributed by atoms with Crippen LogP contribution < -0.4 is 0 Å². The Balaban J connectivity index is 0.000000637. The van der Waals surface area contributed by atoms with E-state index in [4.69, 9.17) is 14.2 Å². The van der Waals surface area contributed by atoms with Gasteiger partial charge in [0.05, 0.1) is 19.3 Å². The Labute approximate surface area is 268 Å². The highest BCUT2D eigenvalue weighted by Gasteiger charge is 2.64. The molecule has 4 aliphatic rings. The minimum Gasteiger partial charge on any atom is -0.432 e. The number of hydrogen-bond donors (Lipinski definition) is 1. The third kappa shape index (κ3) is 8.64. The fraction of sp³-hybridized carbons (Fsp3) is 0.750. The molecule has 4 rings (SSSR count). The second-order valence-electron chi connectivity index (χ2n) is 13.1. The van der Waals surface area contributed by atoms with Gasteiger partial charge in [-0.15, -0.1) is 15.0 Å². The van der Waals surface area contributed by atoms with Gasteiger partial charge in [-0.2, -0.15) is 0 Å². The van der Waals surface area contributed by atoms with Crippen LogP contribution >= 0.6 is 0 Å². The number of amides is 1. The molecular weight excluding hydrogens is 604 g/mol. The molecule has 4 aliphatic carbocycles. The molecule has 8 unspecified atom stereocenters. The Hall–Kier alpha value is -3.52. The SMILES string of the molecule is CC1CC2C3CCC4=CC(=O)C=CC4(C)C3C(O)CC2(C)C1C(=O)COC(=O)OCCOCCO[N+](=O)[O-].CCCCC(=O)N=O. The van der Waals surface area contributed by atoms with Crippen molar-refractivity contribution >= 4 is 23.6 Å². The van der Waals surface area contributed by atoms with Crippen LogP contribution in [0.1, 0.15) is 72.6 Å². The van der Waals surface area contributed by atoms with E-state index in [1.807, 2.05) is 13.0 Å². The number of Topliss-reactive ketones (excluding diaryl/α,β-unsaturated/α-hetero) is 1. The summed E-state index contributed by atoms with van der Waals surface area (Å²) in [6.45, 7) is 7.43. The zero-order chi connectivity index (χ0) is 34.1. The molecule has 0 aromatic heterocycles. The van der Waals surface area contributed by atoms with Gasteiger partial charge in [0.15, 0.2) is 18.2 Å². The number of nitrogens with zero attached hydrogens (tertiary/aromatic N) is 2. The number of aliphatic hydroxyl groups excluding tert-OH is 1. The van der Waals surface area contributed by atoms with Crippen molar-refractivity contribution in [2.24, 2.45) is 45.6 Å². The van der Waals surface area contributed by atoms with E-state index in [0.29, 0.717) is 12.8 Å². The molecule has 0 radical (unpaired) electrons. The van der Waals surface area contributed by atoms with Crippen molar-refractivity contribution in [3.8, 4) is 0 Å². The lowest BCUT2D eigenvalue weighted by Gasteiger charge is -2.58. The van der Waals surface area contributed by atoms with Crippen molar-refractivity contribution in [2.45, 2.75) is 78.7 Å². The molecule has 3 saturated carbocycles. The highest BCUT2D eigenvalue weighted by molar-refractivity contribution is 6.01. The van der Waals surface area contributed by atoms with Gasteiger partial charge in [-0.1, -0.05) is 45.8 Å². The van der Waals surface area contributed by atoms with E-state index < -0.39 is 35.3 Å². The van der Waals surface area contributed by atoms with E-state index in [2.05, 4.69) is 30.8 Å². The molecule has 0 aromatic rings. The van der Waals surface area contributed by atoms with Gasteiger partial charge in [0.2, 0.25) is 0 Å². The first-order valence-electron chi connectivity index (χ1n) is 15.9. The largest absolute Gasteiger partial charge is 0.508 e. The number of carbonyl (C=O) groups is 4. The molecule has 14 heteroatoms. The van der Waals surface area contributed by atoms with Crippen molar-refractivity contribution in [3.63, 3.8) is 0 Å². The van der Waals surface area contributed by atoms with Gasteiger partial charge in [0.25, 0.3) is 11.0 Å². The molecule has 256 valence electrons. The molecule has 0 spiro atoms. The van der Waals surface area contributed by atoms with Crippen LogP contribution in [0, 0.1) is 55.4 Å². The molecule has 14 nitrogen and oxygen atoms in total. The van der Waals surface area contributed by atoms with Gasteiger partial charge < -0.3 is 24.2 Å². The number of rotatable bonds is 13. The van der Waals surface area contributed by atoms with E-state index in [-0.39, 0.29) is 73.0 Å². The van der Waals surface area contributed by atoms with Gasteiger partial charge in [-0.05, 0) is 67.4 Å². The molecular formula is C32H46N2O12. The second-order valence-corrected chi connectivity index (χ2v) is 13.1. The van der Waals surface area contributed by atoms with Gasteiger partial charge in [0, 0.05) is 28.8 Å². The third-order valence-corrected chi connectivity index (χ3v) is 10.2. The van der Waals surface area contributed by atoms with Crippen LogP contribution in [0.2, 0.25) is 0 Å². The lowest BCUT2D eigenvalue weighted by Crippen LogP contribution is -2.56. The lowest BCUT2D eigenvalue weighted by atomic mass is 9.46. The first-order valence-corrected chi connectivity index (χ1v) is 15.9. The Bertz CT molecular complexity index is 1220. The number of fused-ring (bicyclic) bond motifs is 5. The standard InChI is InChI=1S/C27H37NO10.C5H9NO2/c1-16-12-20-19-5-4-17-13-18(29)6-7-26(17,2)24(19)21(30)14-27(20,3)23(16)22(31)15-37-25(32)36-10-8-35-9-11-38-28(33)34;1-2-3-4-5(7)6-8/h6-7,13,16,19-21,23-24,30H,4-5,8-12,14-15H2,1-3H3;2-4H2,1H3. The summed E-state index contributed by atoms with van der Waals surface area (Å²) in [6, 6.07) is 0. The summed E-state index contributed by atoms with van der Waals surface area (Å²) in [6.07, 6.45) is 8.74. The minimum absolute atomic E-state index is 0.000411. The van der Waals surface area contributed by atoms with Crippen LogP contribution in [-0.4, -0.2) is 73.0 Å². The molecule has 46 heavy (non-hydrogen) atoms. The summed E-state index contributed by atoms with van der Waals surface area (Å²) < 4.78 is 15.0. The monoisotopic (exact) mass is 650 g/mol. The van der Waals surface area contributed by atoms with Crippen LogP contribution in [0.5, 0.6) is 0 Å². The average Bonchev–Trinajstić information content (AvgIpc) is 3.27. The highest BCUT2D eigenvalue weighted by Crippen LogP contribution is 2.67. The van der Waals surface area contributed by atoms with Gasteiger partial charge in [0.1, 0.15) is 13.2 Å². The Morgan fingerprint density at radius 1 is 1.15 bits per heavy atom.